The second-order valence-corrected chi connectivity index (χ2v) is 6.02. The molecule has 3 unspecified atom stereocenters. The summed E-state index contributed by atoms with van der Waals surface area (Å²) >= 11 is 0. The Labute approximate surface area is 111 Å². The number of amides is 1. The zero-order valence-electron chi connectivity index (χ0n) is 12.3. The van der Waals surface area contributed by atoms with E-state index in [1.54, 1.807) is 0 Å². The molecule has 0 heterocycles. The van der Waals surface area contributed by atoms with Crippen molar-refractivity contribution in [2.75, 3.05) is 20.1 Å². The maximum Gasteiger partial charge on any atom is 0.223 e. The number of nitrogens with two attached hydrogens (primary N) is 1. The van der Waals surface area contributed by atoms with Crippen LogP contribution in [0.3, 0.4) is 0 Å². The molecule has 4 heteroatoms. The molecule has 1 rings (SSSR count). The van der Waals surface area contributed by atoms with Gasteiger partial charge in [0.05, 0.1) is 0 Å². The standard InChI is InChI=1S/C14H29N3O/c1-10(2)17(4)8-7-16-14(18)12-6-5-11(3)13(15)9-12/h10-13H,5-9,15H2,1-4H3,(H,16,18). The van der Waals surface area contributed by atoms with E-state index in [2.05, 4.69) is 38.0 Å². The van der Waals surface area contributed by atoms with Gasteiger partial charge >= 0.3 is 0 Å². The van der Waals surface area contributed by atoms with Crippen molar-refractivity contribution in [3.8, 4) is 0 Å². The predicted octanol–water partition coefficient (Wildman–Crippen LogP) is 1.21. The second-order valence-electron chi connectivity index (χ2n) is 6.02. The van der Waals surface area contributed by atoms with Crippen molar-refractivity contribution in [1.29, 1.82) is 0 Å². The Morgan fingerprint density at radius 3 is 2.67 bits per heavy atom. The zero-order chi connectivity index (χ0) is 13.7. The van der Waals surface area contributed by atoms with Gasteiger partial charge in [-0.05, 0) is 46.1 Å². The third-order valence-electron chi connectivity index (χ3n) is 4.27. The summed E-state index contributed by atoms with van der Waals surface area (Å²) in [6.45, 7) is 8.12. The summed E-state index contributed by atoms with van der Waals surface area (Å²) in [5.41, 5.74) is 6.03. The molecule has 3 N–H and O–H groups in total. The lowest BCUT2D eigenvalue weighted by atomic mass is 9.79. The van der Waals surface area contributed by atoms with Gasteiger partial charge in [-0.15, -0.1) is 0 Å². The van der Waals surface area contributed by atoms with E-state index in [0.717, 1.165) is 32.4 Å². The van der Waals surface area contributed by atoms with Crippen molar-refractivity contribution in [2.24, 2.45) is 17.6 Å². The van der Waals surface area contributed by atoms with Gasteiger partial charge in [0, 0.05) is 31.1 Å². The first-order chi connectivity index (χ1) is 8.41. The minimum absolute atomic E-state index is 0.126. The van der Waals surface area contributed by atoms with Crippen LogP contribution in [0.1, 0.15) is 40.0 Å². The zero-order valence-corrected chi connectivity index (χ0v) is 12.3. The van der Waals surface area contributed by atoms with Crippen molar-refractivity contribution < 1.29 is 4.79 Å². The quantitative estimate of drug-likeness (QED) is 0.776. The summed E-state index contributed by atoms with van der Waals surface area (Å²) in [6, 6.07) is 0.707. The largest absolute Gasteiger partial charge is 0.355 e. The van der Waals surface area contributed by atoms with Crippen LogP contribution < -0.4 is 11.1 Å². The van der Waals surface area contributed by atoms with E-state index < -0.39 is 0 Å². The summed E-state index contributed by atoms with van der Waals surface area (Å²) < 4.78 is 0. The van der Waals surface area contributed by atoms with Gasteiger partial charge < -0.3 is 16.0 Å². The van der Waals surface area contributed by atoms with Crippen molar-refractivity contribution in [2.45, 2.75) is 52.1 Å². The lowest BCUT2D eigenvalue weighted by Crippen LogP contribution is -2.43. The number of likely N-dealkylation sites (N-methyl/N-ethyl adjacent to an activating group) is 1. The summed E-state index contributed by atoms with van der Waals surface area (Å²) in [4.78, 5) is 14.2. The Morgan fingerprint density at radius 1 is 1.44 bits per heavy atom. The average Bonchev–Trinajstić information content (AvgIpc) is 2.32. The van der Waals surface area contributed by atoms with Gasteiger partial charge in [0.25, 0.3) is 0 Å². The van der Waals surface area contributed by atoms with Crippen LogP contribution in [-0.4, -0.2) is 43.0 Å². The minimum Gasteiger partial charge on any atom is -0.355 e. The van der Waals surface area contributed by atoms with Crippen molar-refractivity contribution in [3.63, 3.8) is 0 Å². The number of hydrogen-bond donors (Lipinski definition) is 2. The fraction of sp³-hybridized carbons (Fsp3) is 0.929. The fourth-order valence-electron chi connectivity index (χ4n) is 2.35. The Morgan fingerprint density at radius 2 is 2.11 bits per heavy atom. The molecular weight excluding hydrogens is 226 g/mol. The monoisotopic (exact) mass is 255 g/mol. The van der Waals surface area contributed by atoms with E-state index in [4.69, 9.17) is 5.73 Å². The molecule has 18 heavy (non-hydrogen) atoms. The van der Waals surface area contributed by atoms with Crippen LogP contribution in [0, 0.1) is 11.8 Å². The topological polar surface area (TPSA) is 58.4 Å². The molecule has 1 saturated carbocycles. The van der Waals surface area contributed by atoms with Crippen molar-refractivity contribution in [1.82, 2.24) is 10.2 Å². The summed E-state index contributed by atoms with van der Waals surface area (Å²) in [5, 5.41) is 3.04. The van der Waals surface area contributed by atoms with Crippen molar-refractivity contribution in [3.05, 3.63) is 0 Å². The van der Waals surface area contributed by atoms with Crippen LogP contribution in [0.25, 0.3) is 0 Å². The Balaban J connectivity index is 2.25. The number of hydrogen-bond acceptors (Lipinski definition) is 3. The van der Waals surface area contributed by atoms with Gasteiger partial charge in [0.2, 0.25) is 5.91 Å². The highest BCUT2D eigenvalue weighted by Crippen LogP contribution is 2.27. The summed E-state index contributed by atoms with van der Waals surface area (Å²) in [7, 11) is 2.08. The lowest BCUT2D eigenvalue weighted by Gasteiger charge is -2.31. The van der Waals surface area contributed by atoms with E-state index in [-0.39, 0.29) is 17.9 Å². The van der Waals surface area contributed by atoms with Gasteiger partial charge in [0.1, 0.15) is 0 Å². The maximum atomic E-state index is 12.0. The molecule has 0 spiro atoms. The first-order valence-corrected chi connectivity index (χ1v) is 7.15. The number of carbonyl (C=O) groups is 1. The smallest absolute Gasteiger partial charge is 0.223 e. The number of carbonyl (C=O) groups excluding carboxylic acids is 1. The first-order valence-electron chi connectivity index (χ1n) is 7.15. The second kappa shape index (κ2) is 7.10. The van der Waals surface area contributed by atoms with E-state index >= 15 is 0 Å². The third-order valence-corrected chi connectivity index (χ3v) is 4.27. The Kier molecular flexibility index (Phi) is 6.09. The van der Waals surface area contributed by atoms with Gasteiger partial charge in [-0.1, -0.05) is 6.92 Å². The highest BCUT2D eigenvalue weighted by atomic mass is 16.1. The van der Waals surface area contributed by atoms with Gasteiger partial charge in [-0.2, -0.15) is 0 Å². The van der Waals surface area contributed by atoms with Crippen LogP contribution in [-0.2, 0) is 4.79 Å². The molecule has 0 aliphatic heterocycles. The molecular formula is C14H29N3O. The van der Waals surface area contributed by atoms with Gasteiger partial charge in [-0.3, -0.25) is 4.79 Å². The van der Waals surface area contributed by atoms with Gasteiger partial charge in [0.15, 0.2) is 0 Å². The van der Waals surface area contributed by atoms with E-state index in [1.165, 1.54) is 0 Å². The van der Waals surface area contributed by atoms with Crippen LogP contribution in [0.15, 0.2) is 0 Å². The molecule has 1 aliphatic rings. The van der Waals surface area contributed by atoms with Crippen LogP contribution >= 0.6 is 0 Å². The maximum absolute atomic E-state index is 12.0. The first kappa shape index (κ1) is 15.4. The molecule has 1 amide bonds. The highest BCUT2D eigenvalue weighted by molar-refractivity contribution is 5.78. The molecule has 1 aliphatic carbocycles. The molecule has 0 aromatic carbocycles. The van der Waals surface area contributed by atoms with Crippen molar-refractivity contribution >= 4 is 5.91 Å². The molecule has 106 valence electrons. The average molecular weight is 255 g/mol. The molecule has 0 bridgehead atoms. The molecule has 0 aromatic heterocycles. The number of rotatable bonds is 5. The Bertz CT molecular complexity index is 268. The molecule has 4 nitrogen and oxygen atoms in total. The molecule has 0 aromatic rings. The SMILES string of the molecule is CC1CCC(C(=O)NCCN(C)C(C)C)CC1N. The van der Waals surface area contributed by atoms with Crippen LogP contribution in [0.5, 0.6) is 0 Å². The normalized spacial score (nSPS) is 28.7. The Hall–Kier alpha value is -0.610. The molecule has 0 radical (unpaired) electrons. The van der Waals surface area contributed by atoms with Gasteiger partial charge in [-0.25, -0.2) is 0 Å². The molecule has 1 fully saturated rings. The minimum atomic E-state index is 0.126. The van der Waals surface area contributed by atoms with E-state index in [0.29, 0.717) is 12.0 Å². The number of nitrogens with zero attached hydrogens (tertiary/aromatic N) is 1. The van der Waals surface area contributed by atoms with E-state index in [9.17, 15) is 4.79 Å². The third kappa shape index (κ3) is 4.58. The van der Waals surface area contributed by atoms with Crippen LogP contribution in [0.4, 0.5) is 0 Å². The lowest BCUT2D eigenvalue weighted by molar-refractivity contribution is -0.126. The fourth-order valence-corrected chi connectivity index (χ4v) is 2.35. The van der Waals surface area contributed by atoms with E-state index in [1.807, 2.05) is 0 Å². The summed E-state index contributed by atoms with van der Waals surface area (Å²) in [5.74, 6) is 0.871. The predicted molar refractivity (Wildman–Crippen MR) is 75.3 cm³/mol. The molecule has 3 atom stereocenters. The number of nitrogens with one attached hydrogen (secondary N) is 1. The highest BCUT2D eigenvalue weighted by Gasteiger charge is 2.29. The summed E-state index contributed by atoms with van der Waals surface area (Å²) in [6.07, 6.45) is 2.90. The molecule has 0 saturated heterocycles. The van der Waals surface area contributed by atoms with Crippen LogP contribution in [0.2, 0.25) is 0 Å².